The van der Waals surface area contributed by atoms with E-state index < -0.39 is 5.97 Å². The van der Waals surface area contributed by atoms with Crippen molar-refractivity contribution in [3.63, 3.8) is 0 Å². The van der Waals surface area contributed by atoms with Crippen molar-refractivity contribution in [2.24, 2.45) is 0 Å². The molecule has 0 atom stereocenters. The summed E-state index contributed by atoms with van der Waals surface area (Å²) in [5.41, 5.74) is 0.371. The molecule has 1 aromatic carbocycles. The normalized spacial score (nSPS) is 10.6. The standard InChI is InChI=1S/C12H10ClNO4/c1-5-11(15)9(12(16)17)8-6(14-5)3-4-7(18-2)10(8)13/h3-4,15H,1-2H3,(H,16,17). The fourth-order valence-corrected chi connectivity index (χ4v) is 2.11. The number of hydrogen-bond donors (Lipinski definition) is 2. The summed E-state index contributed by atoms with van der Waals surface area (Å²) in [6.07, 6.45) is 0. The van der Waals surface area contributed by atoms with Crippen molar-refractivity contribution in [3.8, 4) is 11.5 Å². The number of methoxy groups -OCH3 is 1. The molecule has 2 aromatic rings. The lowest BCUT2D eigenvalue weighted by atomic mass is 10.1. The van der Waals surface area contributed by atoms with Crippen LogP contribution in [-0.2, 0) is 0 Å². The number of fused-ring (bicyclic) bond motifs is 1. The van der Waals surface area contributed by atoms with Crippen molar-refractivity contribution in [3.05, 3.63) is 28.4 Å². The third-order valence-corrected chi connectivity index (χ3v) is 3.01. The van der Waals surface area contributed by atoms with Crippen LogP contribution in [0.4, 0.5) is 0 Å². The topological polar surface area (TPSA) is 79.7 Å². The Balaban J connectivity index is 3.00. The maximum absolute atomic E-state index is 11.3. The number of aromatic nitrogens is 1. The molecule has 0 aliphatic carbocycles. The molecule has 0 bridgehead atoms. The van der Waals surface area contributed by atoms with Gasteiger partial charge in [-0.05, 0) is 19.1 Å². The molecular formula is C12H10ClNO4. The number of carboxylic acid groups (broad SMARTS) is 1. The highest BCUT2D eigenvalue weighted by molar-refractivity contribution is 6.38. The minimum atomic E-state index is -1.27. The van der Waals surface area contributed by atoms with Crippen LogP contribution in [0.15, 0.2) is 12.1 Å². The molecule has 2 N–H and O–H groups in total. The van der Waals surface area contributed by atoms with Gasteiger partial charge in [-0.15, -0.1) is 0 Å². The van der Waals surface area contributed by atoms with Crippen LogP contribution in [0.25, 0.3) is 10.9 Å². The van der Waals surface area contributed by atoms with Crippen LogP contribution in [0.2, 0.25) is 5.02 Å². The second-order valence-corrected chi connectivity index (χ2v) is 4.08. The van der Waals surface area contributed by atoms with Gasteiger partial charge in [0, 0.05) is 5.39 Å². The number of ether oxygens (including phenoxy) is 1. The van der Waals surface area contributed by atoms with E-state index in [9.17, 15) is 15.0 Å². The first-order chi connectivity index (χ1) is 8.47. The number of benzene rings is 1. The van der Waals surface area contributed by atoms with E-state index >= 15 is 0 Å². The van der Waals surface area contributed by atoms with E-state index in [0.717, 1.165) is 0 Å². The Kier molecular flexibility index (Phi) is 3.00. The number of halogens is 1. The maximum Gasteiger partial charge on any atom is 0.340 e. The van der Waals surface area contributed by atoms with Crippen LogP contribution in [-0.4, -0.2) is 28.3 Å². The van der Waals surface area contributed by atoms with Crippen LogP contribution in [0, 0.1) is 6.92 Å². The molecular weight excluding hydrogens is 258 g/mol. The van der Waals surface area contributed by atoms with Crippen molar-refractivity contribution in [1.29, 1.82) is 0 Å². The van der Waals surface area contributed by atoms with Gasteiger partial charge in [-0.25, -0.2) is 9.78 Å². The highest BCUT2D eigenvalue weighted by Crippen LogP contribution is 2.38. The average Bonchev–Trinajstić information content (AvgIpc) is 2.31. The Bertz CT molecular complexity index is 654. The number of aryl methyl sites for hydroxylation is 1. The molecule has 2 rings (SSSR count). The van der Waals surface area contributed by atoms with E-state index in [2.05, 4.69) is 4.98 Å². The largest absolute Gasteiger partial charge is 0.505 e. The van der Waals surface area contributed by atoms with Crippen LogP contribution >= 0.6 is 11.6 Å². The van der Waals surface area contributed by atoms with Crippen molar-refractivity contribution in [2.75, 3.05) is 7.11 Å². The third kappa shape index (κ3) is 1.73. The summed E-state index contributed by atoms with van der Waals surface area (Å²) in [7, 11) is 1.43. The molecule has 0 saturated heterocycles. The van der Waals surface area contributed by atoms with E-state index in [1.807, 2.05) is 0 Å². The molecule has 1 heterocycles. The number of aromatic carboxylic acids is 1. The van der Waals surface area contributed by atoms with Crippen molar-refractivity contribution in [2.45, 2.75) is 6.92 Å². The van der Waals surface area contributed by atoms with E-state index in [4.69, 9.17) is 16.3 Å². The summed E-state index contributed by atoms with van der Waals surface area (Å²) in [4.78, 5) is 15.4. The summed E-state index contributed by atoms with van der Waals surface area (Å²) < 4.78 is 5.02. The Hall–Kier alpha value is -2.01. The zero-order valence-corrected chi connectivity index (χ0v) is 10.4. The van der Waals surface area contributed by atoms with E-state index in [0.29, 0.717) is 11.3 Å². The monoisotopic (exact) mass is 267 g/mol. The number of nitrogens with zero attached hydrogens (tertiary/aromatic N) is 1. The predicted octanol–water partition coefficient (Wildman–Crippen LogP) is 2.61. The van der Waals surface area contributed by atoms with Crippen molar-refractivity contribution < 1.29 is 19.7 Å². The number of carboxylic acids is 1. The van der Waals surface area contributed by atoms with Crippen LogP contribution in [0.1, 0.15) is 16.1 Å². The first-order valence-electron chi connectivity index (χ1n) is 5.06. The van der Waals surface area contributed by atoms with E-state index in [-0.39, 0.29) is 27.4 Å². The number of pyridine rings is 1. The lowest BCUT2D eigenvalue weighted by Crippen LogP contribution is -2.02. The molecule has 94 valence electrons. The predicted molar refractivity (Wildman–Crippen MR) is 66.7 cm³/mol. The number of carbonyl (C=O) groups is 1. The minimum Gasteiger partial charge on any atom is -0.505 e. The van der Waals surface area contributed by atoms with Crippen molar-refractivity contribution in [1.82, 2.24) is 4.98 Å². The lowest BCUT2D eigenvalue weighted by Gasteiger charge is -2.11. The molecule has 1 aromatic heterocycles. The summed E-state index contributed by atoms with van der Waals surface area (Å²) in [5.74, 6) is -1.32. The van der Waals surface area contributed by atoms with E-state index in [1.165, 1.54) is 14.0 Å². The second kappa shape index (κ2) is 4.34. The van der Waals surface area contributed by atoms with Gasteiger partial charge in [0.1, 0.15) is 11.3 Å². The quantitative estimate of drug-likeness (QED) is 0.874. The molecule has 0 aliphatic rings. The number of hydrogen-bond acceptors (Lipinski definition) is 4. The Morgan fingerprint density at radius 1 is 1.44 bits per heavy atom. The number of rotatable bonds is 2. The fourth-order valence-electron chi connectivity index (χ4n) is 1.78. The smallest absolute Gasteiger partial charge is 0.340 e. The Morgan fingerprint density at radius 3 is 2.67 bits per heavy atom. The highest BCUT2D eigenvalue weighted by atomic mass is 35.5. The summed E-state index contributed by atoms with van der Waals surface area (Å²) >= 11 is 6.08. The second-order valence-electron chi connectivity index (χ2n) is 3.70. The first-order valence-corrected chi connectivity index (χ1v) is 5.44. The minimum absolute atomic E-state index is 0.121. The van der Waals surface area contributed by atoms with Crippen LogP contribution in [0.5, 0.6) is 11.5 Å². The first kappa shape index (κ1) is 12.4. The van der Waals surface area contributed by atoms with Gasteiger partial charge < -0.3 is 14.9 Å². The SMILES string of the molecule is COc1ccc2nc(C)c(O)c(C(=O)O)c2c1Cl. The molecule has 18 heavy (non-hydrogen) atoms. The van der Waals surface area contributed by atoms with Crippen LogP contribution < -0.4 is 4.74 Å². The van der Waals surface area contributed by atoms with Gasteiger partial charge in [-0.1, -0.05) is 11.6 Å². The van der Waals surface area contributed by atoms with Gasteiger partial charge >= 0.3 is 5.97 Å². The van der Waals surface area contributed by atoms with Crippen molar-refractivity contribution >= 4 is 28.5 Å². The van der Waals surface area contributed by atoms with Gasteiger partial charge in [-0.2, -0.15) is 0 Å². The highest BCUT2D eigenvalue weighted by Gasteiger charge is 2.21. The van der Waals surface area contributed by atoms with Gasteiger partial charge in [-0.3, -0.25) is 0 Å². The lowest BCUT2D eigenvalue weighted by molar-refractivity contribution is 0.0695. The van der Waals surface area contributed by atoms with Gasteiger partial charge in [0.15, 0.2) is 5.75 Å². The van der Waals surface area contributed by atoms with Crippen LogP contribution in [0.3, 0.4) is 0 Å². The molecule has 0 radical (unpaired) electrons. The average molecular weight is 268 g/mol. The third-order valence-electron chi connectivity index (χ3n) is 2.64. The summed E-state index contributed by atoms with van der Waals surface area (Å²) in [6, 6.07) is 3.19. The summed E-state index contributed by atoms with van der Waals surface area (Å²) in [5, 5.41) is 19.3. The fraction of sp³-hybridized carbons (Fsp3) is 0.167. The van der Waals surface area contributed by atoms with Gasteiger partial charge in [0.05, 0.1) is 23.3 Å². The molecule has 0 amide bonds. The van der Waals surface area contributed by atoms with E-state index in [1.54, 1.807) is 12.1 Å². The molecule has 0 fully saturated rings. The molecule has 6 heteroatoms. The molecule has 0 unspecified atom stereocenters. The molecule has 0 spiro atoms. The Morgan fingerprint density at radius 2 is 2.11 bits per heavy atom. The zero-order chi connectivity index (χ0) is 13.4. The zero-order valence-electron chi connectivity index (χ0n) is 9.69. The Labute approximate surface area is 108 Å². The van der Waals surface area contributed by atoms with Gasteiger partial charge in [0.25, 0.3) is 0 Å². The number of aromatic hydroxyl groups is 1. The van der Waals surface area contributed by atoms with Gasteiger partial charge in [0.2, 0.25) is 0 Å². The molecule has 5 nitrogen and oxygen atoms in total. The maximum atomic E-state index is 11.3. The molecule has 0 aliphatic heterocycles. The summed E-state index contributed by atoms with van der Waals surface area (Å²) in [6.45, 7) is 1.53. The molecule has 0 saturated carbocycles.